The molecule has 0 aromatic heterocycles. The predicted octanol–water partition coefficient (Wildman–Crippen LogP) is 2.19. The van der Waals surface area contributed by atoms with Crippen LogP contribution in [0.3, 0.4) is 0 Å². The fraction of sp³-hybridized carbons (Fsp3) is 1.00. The minimum absolute atomic E-state index is 0.394. The van der Waals surface area contributed by atoms with Crippen LogP contribution >= 0.6 is 0 Å². The molecule has 1 aliphatic rings. The molecule has 1 fully saturated rings. The Labute approximate surface area is 82.0 Å². The van der Waals surface area contributed by atoms with E-state index in [-0.39, 0.29) is 0 Å². The lowest BCUT2D eigenvalue weighted by Crippen LogP contribution is -2.28. The van der Waals surface area contributed by atoms with Gasteiger partial charge in [-0.1, -0.05) is 0 Å². The third-order valence-electron chi connectivity index (χ3n) is 2.75. The van der Waals surface area contributed by atoms with Gasteiger partial charge >= 0.3 is 0 Å². The van der Waals surface area contributed by atoms with E-state index in [9.17, 15) is 0 Å². The number of rotatable bonds is 4. The fourth-order valence-corrected chi connectivity index (χ4v) is 2.15. The maximum atomic E-state index is 5.80. The van der Waals surface area contributed by atoms with Crippen LogP contribution in [0, 0.1) is 5.92 Å². The van der Waals surface area contributed by atoms with Crippen molar-refractivity contribution in [2.45, 2.75) is 51.7 Å². The predicted molar refractivity (Wildman–Crippen MR) is 55.9 cm³/mol. The molecule has 2 nitrogen and oxygen atoms in total. The highest BCUT2D eigenvalue weighted by atomic mass is 16.5. The minimum atomic E-state index is 0.394. The zero-order valence-electron chi connectivity index (χ0n) is 9.18. The van der Waals surface area contributed by atoms with Gasteiger partial charge in [0, 0.05) is 0 Å². The van der Waals surface area contributed by atoms with Crippen LogP contribution in [0.2, 0.25) is 0 Å². The number of hydrogen-bond acceptors (Lipinski definition) is 2. The molecule has 0 aromatic carbocycles. The van der Waals surface area contributed by atoms with Crippen LogP contribution in [-0.2, 0) is 4.74 Å². The summed E-state index contributed by atoms with van der Waals surface area (Å²) in [5.41, 5.74) is 0. The summed E-state index contributed by atoms with van der Waals surface area (Å²) in [6, 6.07) is 0. The lowest BCUT2D eigenvalue weighted by Gasteiger charge is -2.29. The maximum absolute atomic E-state index is 5.80. The molecular weight excluding hydrogens is 162 g/mol. The number of ether oxygens (including phenoxy) is 1. The van der Waals surface area contributed by atoms with Crippen molar-refractivity contribution in [3.63, 3.8) is 0 Å². The van der Waals surface area contributed by atoms with Crippen molar-refractivity contribution in [3.05, 3.63) is 0 Å². The average molecular weight is 185 g/mol. The van der Waals surface area contributed by atoms with E-state index in [0.717, 1.165) is 5.92 Å². The van der Waals surface area contributed by atoms with Crippen molar-refractivity contribution in [1.29, 1.82) is 0 Å². The molecule has 0 amide bonds. The molecule has 1 aliphatic carbocycles. The highest BCUT2D eigenvalue weighted by Crippen LogP contribution is 2.26. The summed E-state index contributed by atoms with van der Waals surface area (Å²) in [6.45, 7) is 5.42. The van der Waals surface area contributed by atoms with Crippen molar-refractivity contribution >= 4 is 0 Å². The average Bonchev–Trinajstić information content (AvgIpc) is 2.08. The van der Waals surface area contributed by atoms with Crippen LogP contribution in [0.5, 0.6) is 0 Å². The fourth-order valence-electron chi connectivity index (χ4n) is 2.15. The van der Waals surface area contributed by atoms with Gasteiger partial charge in [0.1, 0.15) is 0 Å². The Bertz CT molecular complexity index is 128. The highest BCUT2D eigenvalue weighted by molar-refractivity contribution is 4.74. The summed E-state index contributed by atoms with van der Waals surface area (Å²) in [4.78, 5) is 0. The van der Waals surface area contributed by atoms with Gasteiger partial charge in [0.25, 0.3) is 0 Å². The molecule has 0 spiro atoms. The second kappa shape index (κ2) is 5.61. The SMILES string of the molecule is CNCC1CCC(OC(C)C)CC1. The van der Waals surface area contributed by atoms with E-state index in [4.69, 9.17) is 4.74 Å². The second-order valence-corrected chi connectivity index (χ2v) is 4.39. The Morgan fingerprint density at radius 1 is 1.23 bits per heavy atom. The molecular formula is C11H23NO. The first-order valence-electron chi connectivity index (χ1n) is 5.52. The Hall–Kier alpha value is -0.0800. The van der Waals surface area contributed by atoms with Crippen molar-refractivity contribution in [2.24, 2.45) is 5.92 Å². The topological polar surface area (TPSA) is 21.3 Å². The van der Waals surface area contributed by atoms with E-state index in [1.54, 1.807) is 0 Å². The molecule has 0 radical (unpaired) electrons. The van der Waals surface area contributed by atoms with E-state index >= 15 is 0 Å². The van der Waals surface area contributed by atoms with Crippen molar-refractivity contribution < 1.29 is 4.74 Å². The zero-order valence-corrected chi connectivity index (χ0v) is 9.18. The van der Waals surface area contributed by atoms with E-state index < -0.39 is 0 Å². The van der Waals surface area contributed by atoms with Crippen molar-refractivity contribution in [3.8, 4) is 0 Å². The van der Waals surface area contributed by atoms with Gasteiger partial charge in [0.05, 0.1) is 12.2 Å². The Balaban J connectivity index is 2.15. The second-order valence-electron chi connectivity index (χ2n) is 4.39. The third kappa shape index (κ3) is 4.10. The Kier molecular flexibility index (Phi) is 4.74. The molecule has 13 heavy (non-hydrogen) atoms. The smallest absolute Gasteiger partial charge is 0.0578 e. The van der Waals surface area contributed by atoms with Crippen LogP contribution < -0.4 is 5.32 Å². The molecule has 0 saturated heterocycles. The molecule has 0 unspecified atom stereocenters. The van der Waals surface area contributed by atoms with Gasteiger partial charge in [0.2, 0.25) is 0 Å². The Morgan fingerprint density at radius 2 is 1.85 bits per heavy atom. The molecule has 0 aromatic rings. The van der Waals surface area contributed by atoms with Gasteiger partial charge in [-0.2, -0.15) is 0 Å². The molecule has 1 saturated carbocycles. The summed E-state index contributed by atoms with van der Waals surface area (Å²) in [6.07, 6.45) is 6.10. The standard InChI is InChI=1S/C11H23NO/c1-9(2)13-11-6-4-10(5-7-11)8-12-3/h9-12H,4-8H2,1-3H3. The van der Waals surface area contributed by atoms with Crippen molar-refractivity contribution in [1.82, 2.24) is 5.32 Å². The largest absolute Gasteiger partial charge is 0.376 e. The summed E-state index contributed by atoms with van der Waals surface area (Å²) in [7, 11) is 2.04. The van der Waals surface area contributed by atoms with Gasteiger partial charge in [-0.15, -0.1) is 0 Å². The molecule has 78 valence electrons. The first-order chi connectivity index (χ1) is 6.22. The lowest BCUT2D eigenvalue weighted by atomic mass is 9.87. The van der Waals surface area contributed by atoms with E-state index in [2.05, 4.69) is 19.2 Å². The Morgan fingerprint density at radius 3 is 2.31 bits per heavy atom. The summed E-state index contributed by atoms with van der Waals surface area (Å²) in [5, 5.41) is 3.25. The van der Waals surface area contributed by atoms with Gasteiger partial charge in [-0.3, -0.25) is 0 Å². The monoisotopic (exact) mass is 185 g/mol. The third-order valence-corrected chi connectivity index (χ3v) is 2.75. The van der Waals surface area contributed by atoms with Crippen LogP contribution in [0.4, 0.5) is 0 Å². The van der Waals surface area contributed by atoms with Gasteiger partial charge < -0.3 is 10.1 Å². The first kappa shape index (κ1) is 11.0. The lowest BCUT2D eigenvalue weighted by molar-refractivity contribution is -0.0193. The van der Waals surface area contributed by atoms with Crippen LogP contribution in [0.25, 0.3) is 0 Å². The number of hydrogen-bond donors (Lipinski definition) is 1. The normalized spacial score (nSPS) is 29.5. The molecule has 0 bridgehead atoms. The van der Waals surface area contributed by atoms with Gasteiger partial charge in [0.15, 0.2) is 0 Å². The zero-order chi connectivity index (χ0) is 9.68. The summed E-state index contributed by atoms with van der Waals surface area (Å²) in [5.74, 6) is 0.886. The minimum Gasteiger partial charge on any atom is -0.376 e. The van der Waals surface area contributed by atoms with Gasteiger partial charge in [-0.05, 0) is 59.0 Å². The molecule has 2 heteroatoms. The van der Waals surface area contributed by atoms with Gasteiger partial charge in [-0.25, -0.2) is 0 Å². The summed E-state index contributed by atoms with van der Waals surface area (Å²) < 4.78 is 5.80. The van der Waals surface area contributed by atoms with E-state index in [0.29, 0.717) is 12.2 Å². The van der Waals surface area contributed by atoms with Crippen LogP contribution in [0.15, 0.2) is 0 Å². The molecule has 1 N–H and O–H groups in total. The van der Waals surface area contributed by atoms with Crippen LogP contribution in [0.1, 0.15) is 39.5 Å². The van der Waals surface area contributed by atoms with E-state index in [1.807, 2.05) is 7.05 Å². The molecule has 1 rings (SSSR count). The number of nitrogens with one attached hydrogen (secondary N) is 1. The van der Waals surface area contributed by atoms with Crippen molar-refractivity contribution in [2.75, 3.05) is 13.6 Å². The maximum Gasteiger partial charge on any atom is 0.0578 e. The molecule has 0 aliphatic heterocycles. The van der Waals surface area contributed by atoms with Crippen LogP contribution in [-0.4, -0.2) is 25.8 Å². The quantitative estimate of drug-likeness (QED) is 0.725. The van der Waals surface area contributed by atoms with E-state index in [1.165, 1.54) is 32.2 Å². The molecule has 0 atom stereocenters. The highest BCUT2D eigenvalue weighted by Gasteiger charge is 2.21. The first-order valence-corrected chi connectivity index (χ1v) is 5.52. The molecule has 0 heterocycles. The summed E-state index contributed by atoms with van der Waals surface area (Å²) >= 11 is 0.